The van der Waals surface area contributed by atoms with E-state index in [-0.39, 0.29) is 4.47 Å². The Kier molecular flexibility index (Phi) is 3.84. The van der Waals surface area contributed by atoms with Crippen molar-refractivity contribution in [1.82, 2.24) is 0 Å². The summed E-state index contributed by atoms with van der Waals surface area (Å²) in [6.07, 6.45) is 0. The zero-order valence-corrected chi connectivity index (χ0v) is 10.2. The average molecular weight is 316 g/mol. The van der Waals surface area contributed by atoms with Crippen molar-refractivity contribution in [3.8, 4) is 0 Å². The van der Waals surface area contributed by atoms with Gasteiger partial charge in [-0.3, -0.25) is 10.1 Å². The number of nitro groups is 1. The fourth-order valence-corrected chi connectivity index (χ4v) is 2.50. The van der Waals surface area contributed by atoms with E-state index in [0.29, 0.717) is 5.56 Å². The molecule has 3 nitrogen and oxygen atoms in total. The number of hydrogen-bond acceptors (Lipinski definition) is 3. The summed E-state index contributed by atoms with van der Waals surface area (Å²) in [5.41, 5.74) is -4.58. The Bertz CT molecular complexity index is 436. The van der Waals surface area contributed by atoms with Crippen LogP contribution in [0.1, 0.15) is 5.56 Å². The molecular weight excluding hydrogens is 311 g/mol. The van der Waals surface area contributed by atoms with Crippen molar-refractivity contribution in [2.45, 2.75) is 17.3 Å². The van der Waals surface area contributed by atoms with Crippen molar-refractivity contribution >= 4 is 33.4 Å². The van der Waals surface area contributed by atoms with E-state index in [0.717, 1.165) is 6.07 Å². The van der Waals surface area contributed by atoms with Crippen LogP contribution in [0.3, 0.4) is 0 Å². The molecule has 0 aliphatic heterocycles. The van der Waals surface area contributed by atoms with Gasteiger partial charge in [0.05, 0.1) is 4.92 Å². The summed E-state index contributed by atoms with van der Waals surface area (Å²) in [6.45, 7) is 1.57. The first kappa shape index (κ1) is 13.3. The van der Waals surface area contributed by atoms with Gasteiger partial charge in [0.15, 0.2) is 0 Å². The predicted octanol–water partition coefficient (Wildman–Crippen LogP) is 4.28. The van der Waals surface area contributed by atoms with Crippen LogP contribution < -0.4 is 0 Å². The van der Waals surface area contributed by atoms with Gasteiger partial charge in [0, 0.05) is 10.5 Å². The first-order valence-corrected chi connectivity index (χ1v) is 5.52. The van der Waals surface area contributed by atoms with Gasteiger partial charge in [-0.1, -0.05) is 0 Å². The number of nitro benzene ring substituents is 1. The molecule has 0 aliphatic carbocycles. The molecule has 0 fully saturated rings. The minimum absolute atomic E-state index is 0.0709. The largest absolute Gasteiger partial charge is 0.446 e. The van der Waals surface area contributed by atoms with E-state index < -0.39 is 32.8 Å². The Morgan fingerprint density at radius 2 is 2.00 bits per heavy atom. The minimum atomic E-state index is -4.55. The molecule has 1 aromatic rings. The first-order valence-electron chi connectivity index (χ1n) is 3.91. The van der Waals surface area contributed by atoms with Crippen LogP contribution in [0.15, 0.2) is 21.5 Å². The Hall–Kier alpha value is -0.760. The van der Waals surface area contributed by atoms with Gasteiger partial charge in [0.25, 0.3) is 5.69 Å². The molecule has 0 saturated heterocycles. The van der Waals surface area contributed by atoms with E-state index in [1.165, 1.54) is 6.07 Å². The van der Waals surface area contributed by atoms with E-state index in [2.05, 4.69) is 15.9 Å². The second-order valence-corrected chi connectivity index (χ2v) is 4.83. The standard InChI is InChI=1S/C8H5BrF3NO2S/c1-4-2-5(9)7(16-8(10,11)12)6(3-4)13(14)15/h2-3H,1H3. The Morgan fingerprint density at radius 1 is 1.44 bits per heavy atom. The minimum Gasteiger partial charge on any atom is -0.258 e. The normalized spacial score (nSPS) is 11.6. The molecule has 0 radical (unpaired) electrons. The number of nitrogens with zero attached hydrogens (tertiary/aromatic N) is 1. The third-order valence-electron chi connectivity index (χ3n) is 1.58. The summed E-state index contributed by atoms with van der Waals surface area (Å²) >= 11 is 2.40. The number of halogens is 4. The third-order valence-corrected chi connectivity index (χ3v) is 3.34. The molecule has 16 heavy (non-hydrogen) atoms. The van der Waals surface area contributed by atoms with Crippen molar-refractivity contribution < 1.29 is 18.1 Å². The van der Waals surface area contributed by atoms with Crippen LogP contribution >= 0.6 is 27.7 Å². The number of thioether (sulfide) groups is 1. The molecule has 0 atom stereocenters. The van der Waals surface area contributed by atoms with Gasteiger partial charge in [-0.15, -0.1) is 0 Å². The van der Waals surface area contributed by atoms with E-state index >= 15 is 0 Å². The van der Waals surface area contributed by atoms with E-state index in [1.807, 2.05) is 0 Å². The fraction of sp³-hybridized carbons (Fsp3) is 0.250. The number of hydrogen-bond donors (Lipinski definition) is 0. The summed E-state index contributed by atoms with van der Waals surface area (Å²) in [4.78, 5) is 9.36. The molecule has 0 aliphatic rings. The molecule has 1 aromatic carbocycles. The van der Waals surface area contributed by atoms with Crippen LogP contribution in [0.5, 0.6) is 0 Å². The predicted molar refractivity (Wildman–Crippen MR) is 57.4 cm³/mol. The quantitative estimate of drug-likeness (QED) is 0.465. The van der Waals surface area contributed by atoms with Crippen LogP contribution in [0.4, 0.5) is 18.9 Å². The molecular formula is C8H5BrF3NO2S. The highest BCUT2D eigenvalue weighted by Gasteiger charge is 2.34. The van der Waals surface area contributed by atoms with Crippen molar-refractivity contribution in [3.05, 3.63) is 32.3 Å². The first-order chi connectivity index (χ1) is 7.20. The molecule has 0 aromatic heterocycles. The van der Waals surface area contributed by atoms with Gasteiger partial charge in [-0.2, -0.15) is 13.2 Å². The summed E-state index contributed by atoms with van der Waals surface area (Å²) in [5.74, 6) is 0. The maximum absolute atomic E-state index is 12.2. The second-order valence-electron chi connectivity index (χ2n) is 2.90. The van der Waals surface area contributed by atoms with Crippen LogP contribution in [-0.4, -0.2) is 10.4 Å². The van der Waals surface area contributed by atoms with Crippen LogP contribution in [0.2, 0.25) is 0 Å². The van der Waals surface area contributed by atoms with Crippen LogP contribution in [0.25, 0.3) is 0 Å². The zero-order valence-electron chi connectivity index (χ0n) is 7.84. The molecule has 0 bridgehead atoms. The lowest BCUT2D eigenvalue weighted by molar-refractivity contribution is -0.387. The average Bonchev–Trinajstić information content (AvgIpc) is 2.07. The lowest BCUT2D eigenvalue weighted by Gasteiger charge is -2.08. The molecule has 0 unspecified atom stereocenters. The molecule has 0 heterocycles. The Morgan fingerprint density at radius 3 is 2.44 bits per heavy atom. The van der Waals surface area contributed by atoms with Gasteiger partial charge in [-0.25, -0.2) is 0 Å². The number of aryl methyl sites for hydroxylation is 1. The summed E-state index contributed by atoms with van der Waals surface area (Å²) in [5, 5.41) is 10.6. The maximum Gasteiger partial charge on any atom is 0.446 e. The summed E-state index contributed by atoms with van der Waals surface area (Å²) in [6, 6.07) is 2.51. The molecule has 0 N–H and O–H groups in total. The number of alkyl halides is 3. The highest BCUT2D eigenvalue weighted by atomic mass is 79.9. The topological polar surface area (TPSA) is 43.1 Å². The van der Waals surface area contributed by atoms with Crippen molar-refractivity contribution in [2.24, 2.45) is 0 Å². The van der Waals surface area contributed by atoms with Gasteiger partial charge in [0.2, 0.25) is 0 Å². The van der Waals surface area contributed by atoms with Crippen LogP contribution in [-0.2, 0) is 0 Å². The molecule has 0 amide bonds. The molecule has 88 valence electrons. The zero-order chi connectivity index (χ0) is 12.5. The van der Waals surface area contributed by atoms with Crippen molar-refractivity contribution in [1.29, 1.82) is 0 Å². The molecule has 0 saturated carbocycles. The monoisotopic (exact) mass is 315 g/mol. The smallest absolute Gasteiger partial charge is 0.258 e. The Labute approximate surface area is 101 Å². The van der Waals surface area contributed by atoms with Gasteiger partial charge in [0.1, 0.15) is 4.90 Å². The number of rotatable bonds is 2. The summed E-state index contributed by atoms with van der Waals surface area (Å²) in [7, 11) is 0. The maximum atomic E-state index is 12.2. The highest BCUT2D eigenvalue weighted by molar-refractivity contribution is 9.10. The highest BCUT2D eigenvalue weighted by Crippen LogP contribution is 2.45. The van der Waals surface area contributed by atoms with Crippen molar-refractivity contribution in [2.75, 3.05) is 0 Å². The lowest BCUT2D eigenvalue weighted by Crippen LogP contribution is -2.02. The second kappa shape index (κ2) is 4.62. The Balaban J connectivity index is 3.30. The fourth-order valence-electron chi connectivity index (χ4n) is 1.06. The molecule has 1 rings (SSSR count). The van der Waals surface area contributed by atoms with E-state index in [1.54, 1.807) is 6.92 Å². The SMILES string of the molecule is Cc1cc(Br)c(SC(F)(F)F)c([N+](=O)[O-])c1. The van der Waals surface area contributed by atoms with E-state index in [9.17, 15) is 23.3 Å². The van der Waals surface area contributed by atoms with Crippen molar-refractivity contribution in [3.63, 3.8) is 0 Å². The lowest BCUT2D eigenvalue weighted by atomic mass is 10.2. The third kappa shape index (κ3) is 3.38. The number of benzene rings is 1. The molecule has 8 heteroatoms. The van der Waals surface area contributed by atoms with Gasteiger partial charge < -0.3 is 0 Å². The molecule has 0 spiro atoms. The van der Waals surface area contributed by atoms with Gasteiger partial charge in [-0.05, 0) is 46.2 Å². The van der Waals surface area contributed by atoms with E-state index in [4.69, 9.17) is 0 Å². The van der Waals surface area contributed by atoms with Crippen LogP contribution in [0, 0.1) is 17.0 Å². The van der Waals surface area contributed by atoms with Gasteiger partial charge >= 0.3 is 5.51 Å². The summed E-state index contributed by atoms with van der Waals surface area (Å²) < 4.78 is 36.6.